The fraction of sp³-hybridized carbons (Fsp3) is 0.429. The highest BCUT2D eigenvalue weighted by Gasteiger charge is 2.08. The zero-order valence-corrected chi connectivity index (χ0v) is 11.1. The first kappa shape index (κ1) is 15.2. The summed E-state index contributed by atoms with van der Waals surface area (Å²) < 4.78 is 0. The fourth-order valence-electron chi connectivity index (χ4n) is 1.68. The van der Waals surface area contributed by atoms with Gasteiger partial charge in [-0.1, -0.05) is 30.3 Å². The molecule has 1 rings (SSSR count). The largest absolute Gasteiger partial charge is 0.481 e. The average molecular weight is 264 g/mol. The van der Waals surface area contributed by atoms with E-state index in [2.05, 4.69) is 10.6 Å². The Hall–Kier alpha value is -1.88. The molecule has 0 spiro atoms. The van der Waals surface area contributed by atoms with E-state index in [9.17, 15) is 9.59 Å². The molecule has 0 fully saturated rings. The van der Waals surface area contributed by atoms with Crippen molar-refractivity contribution in [3.8, 4) is 0 Å². The third kappa shape index (κ3) is 6.57. The van der Waals surface area contributed by atoms with Gasteiger partial charge in [0.25, 0.3) is 0 Å². The van der Waals surface area contributed by atoms with Gasteiger partial charge in [0.05, 0.1) is 12.6 Å². The van der Waals surface area contributed by atoms with E-state index in [0.29, 0.717) is 13.0 Å². The lowest BCUT2D eigenvalue weighted by molar-refractivity contribution is -0.137. The van der Waals surface area contributed by atoms with Crippen LogP contribution in [-0.2, 0) is 9.59 Å². The van der Waals surface area contributed by atoms with Gasteiger partial charge in [-0.2, -0.15) is 0 Å². The normalized spacial score (nSPS) is 11.8. The highest BCUT2D eigenvalue weighted by molar-refractivity contribution is 5.78. The van der Waals surface area contributed by atoms with Crippen molar-refractivity contribution < 1.29 is 14.7 Å². The van der Waals surface area contributed by atoms with Crippen LogP contribution in [0.5, 0.6) is 0 Å². The molecule has 5 nitrogen and oxygen atoms in total. The maximum absolute atomic E-state index is 11.6. The maximum atomic E-state index is 11.6. The van der Waals surface area contributed by atoms with Crippen molar-refractivity contribution in [2.24, 2.45) is 0 Å². The van der Waals surface area contributed by atoms with Crippen molar-refractivity contribution >= 4 is 11.9 Å². The minimum absolute atomic E-state index is 0.0329. The van der Waals surface area contributed by atoms with Crippen molar-refractivity contribution in [3.63, 3.8) is 0 Å². The summed E-state index contributed by atoms with van der Waals surface area (Å²) in [6.07, 6.45) is 0.645. The molecule has 0 aliphatic carbocycles. The van der Waals surface area contributed by atoms with Gasteiger partial charge in [0, 0.05) is 6.42 Å². The third-order valence-electron chi connectivity index (χ3n) is 2.71. The molecule has 1 amide bonds. The zero-order valence-electron chi connectivity index (χ0n) is 11.1. The van der Waals surface area contributed by atoms with E-state index in [1.54, 1.807) is 0 Å². The molecule has 0 bridgehead atoms. The quantitative estimate of drug-likeness (QED) is 0.619. The number of hydrogen-bond acceptors (Lipinski definition) is 3. The molecule has 0 saturated carbocycles. The molecule has 1 aromatic carbocycles. The van der Waals surface area contributed by atoms with Crippen LogP contribution < -0.4 is 10.6 Å². The Morgan fingerprint density at radius 2 is 1.95 bits per heavy atom. The van der Waals surface area contributed by atoms with E-state index in [1.165, 1.54) is 0 Å². The number of nitrogens with one attached hydrogen (secondary N) is 2. The minimum atomic E-state index is -0.816. The number of carbonyl (C=O) groups excluding carboxylic acids is 1. The zero-order chi connectivity index (χ0) is 14.1. The summed E-state index contributed by atoms with van der Waals surface area (Å²) in [4.78, 5) is 21.9. The summed E-state index contributed by atoms with van der Waals surface area (Å²) in [5, 5.41) is 14.3. The Morgan fingerprint density at radius 3 is 2.58 bits per heavy atom. The molecule has 19 heavy (non-hydrogen) atoms. The van der Waals surface area contributed by atoms with Crippen LogP contribution in [0.3, 0.4) is 0 Å². The Balaban J connectivity index is 2.19. The number of carboxylic acids is 1. The Bertz CT molecular complexity index is 406. The van der Waals surface area contributed by atoms with Crippen LogP contribution >= 0.6 is 0 Å². The highest BCUT2D eigenvalue weighted by Crippen LogP contribution is 2.10. The van der Waals surface area contributed by atoms with E-state index in [4.69, 9.17) is 5.11 Å². The van der Waals surface area contributed by atoms with Crippen molar-refractivity contribution in [1.29, 1.82) is 0 Å². The standard InChI is InChI=1S/C14H20N2O3/c1-11(12-6-3-2-4-7-12)16-13(17)10-15-9-5-8-14(18)19/h2-4,6-7,11,15H,5,8-10H2,1H3,(H,16,17)(H,18,19). The van der Waals surface area contributed by atoms with Crippen LogP contribution in [0.15, 0.2) is 30.3 Å². The molecule has 3 N–H and O–H groups in total. The first-order valence-electron chi connectivity index (χ1n) is 6.36. The summed E-state index contributed by atoms with van der Waals surface area (Å²) >= 11 is 0. The van der Waals surface area contributed by atoms with Crippen molar-refractivity contribution in [2.45, 2.75) is 25.8 Å². The van der Waals surface area contributed by atoms with Gasteiger partial charge in [-0.3, -0.25) is 9.59 Å². The van der Waals surface area contributed by atoms with Crippen LogP contribution in [0.4, 0.5) is 0 Å². The number of carbonyl (C=O) groups is 2. The van der Waals surface area contributed by atoms with Gasteiger partial charge in [0.15, 0.2) is 0 Å². The van der Waals surface area contributed by atoms with Gasteiger partial charge in [0.2, 0.25) is 5.91 Å². The predicted molar refractivity (Wildman–Crippen MR) is 72.7 cm³/mol. The molecule has 0 saturated heterocycles. The van der Waals surface area contributed by atoms with E-state index in [0.717, 1.165) is 5.56 Å². The van der Waals surface area contributed by atoms with Crippen molar-refractivity contribution in [3.05, 3.63) is 35.9 Å². The molecule has 0 aromatic heterocycles. The number of amides is 1. The highest BCUT2D eigenvalue weighted by atomic mass is 16.4. The smallest absolute Gasteiger partial charge is 0.303 e. The summed E-state index contributed by atoms with van der Waals surface area (Å²) in [6, 6.07) is 9.69. The molecular formula is C14H20N2O3. The Kier molecular flexibility index (Phi) is 6.60. The lowest BCUT2D eigenvalue weighted by atomic mass is 10.1. The molecular weight excluding hydrogens is 244 g/mol. The Labute approximate surface area is 113 Å². The topological polar surface area (TPSA) is 78.4 Å². The molecule has 0 radical (unpaired) electrons. The van der Waals surface area contributed by atoms with Gasteiger partial charge in [-0.05, 0) is 25.5 Å². The van der Waals surface area contributed by atoms with Crippen LogP contribution in [-0.4, -0.2) is 30.1 Å². The first-order valence-corrected chi connectivity index (χ1v) is 6.36. The first-order chi connectivity index (χ1) is 9.09. The van der Waals surface area contributed by atoms with Crippen LogP contribution in [0.1, 0.15) is 31.4 Å². The van der Waals surface area contributed by atoms with Crippen LogP contribution in [0.2, 0.25) is 0 Å². The van der Waals surface area contributed by atoms with Gasteiger partial charge in [-0.25, -0.2) is 0 Å². The number of carboxylic acid groups (broad SMARTS) is 1. The number of hydrogen-bond donors (Lipinski definition) is 3. The third-order valence-corrected chi connectivity index (χ3v) is 2.71. The van der Waals surface area contributed by atoms with Crippen LogP contribution in [0.25, 0.3) is 0 Å². The van der Waals surface area contributed by atoms with E-state index in [-0.39, 0.29) is 24.9 Å². The van der Waals surface area contributed by atoms with E-state index < -0.39 is 5.97 Å². The SMILES string of the molecule is CC(NC(=O)CNCCCC(=O)O)c1ccccc1. The lowest BCUT2D eigenvalue weighted by Crippen LogP contribution is -2.35. The van der Waals surface area contributed by atoms with Gasteiger partial charge >= 0.3 is 5.97 Å². The van der Waals surface area contributed by atoms with Crippen molar-refractivity contribution in [2.75, 3.05) is 13.1 Å². The molecule has 0 aliphatic heterocycles. The number of benzene rings is 1. The summed E-state index contributed by atoms with van der Waals surface area (Å²) in [5.41, 5.74) is 1.06. The molecule has 1 unspecified atom stereocenters. The van der Waals surface area contributed by atoms with Gasteiger partial charge in [0.1, 0.15) is 0 Å². The summed E-state index contributed by atoms with van der Waals surface area (Å²) in [7, 11) is 0. The Morgan fingerprint density at radius 1 is 1.26 bits per heavy atom. The summed E-state index contributed by atoms with van der Waals surface area (Å²) in [6.45, 7) is 2.66. The molecule has 1 atom stereocenters. The molecule has 1 aromatic rings. The van der Waals surface area contributed by atoms with Gasteiger partial charge < -0.3 is 15.7 Å². The van der Waals surface area contributed by atoms with Gasteiger partial charge in [-0.15, -0.1) is 0 Å². The molecule has 5 heteroatoms. The van der Waals surface area contributed by atoms with E-state index >= 15 is 0 Å². The summed E-state index contributed by atoms with van der Waals surface area (Å²) in [5.74, 6) is -0.907. The molecule has 104 valence electrons. The lowest BCUT2D eigenvalue weighted by Gasteiger charge is -2.14. The second-order valence-corrected chi connectivity index (χ2v) is 4.37. The molecule has 0 heterocycles. The monoisotopic (exact) mass is 264 g/mol. The number of aliphatic carboxylic acids is 1. The maximum Gasteiger partial charge on any atom is 0.303 e. The second-order valence-electron chi connectivity index (χ2n) is 4.37. The predicted octanol–water partition coefficient (Wildman–Crippen LogP) is 1.32. The van der Waals surface area contributed by atoms with E-state index in [1.807, 2.05) is 37.3 Å². The minimum Gasteiger partial charge on any atom is -0.481 e. The number of rotatable bonds is 8. The van der Waals surface area contributed by atoms with Crippen LogP contribution in [0, 0.1) is 0 Å². The second kappa shape index (κ2) is 8.26. The molecule has 0 aliphatic rings. The average Bonchev–Trinajstić information content (AvgIpc) is 2.39. The fourth-order valence-corrected chi connectivity index (χ4v) is 1.68. The van der Waals surface area contributed by atoms with Crippen molar-refractivity contribution in [1.82, 2.24) is 10.6 Å².